The number of nitrogens with zero attached hydrogens (tertiary/aromatic N) is 2. The molecule has 1 N–H and O–H groups in total. The van der Waals surface area contributed by atoms with Crippen LogP contribution in [-0.2, 0) is 11.2 Å². The number of hydrogen-bond acceptors (Lipinski definition) is 4. The standard InChI is InChI=1S/C14H20N2O4/c1-3-12-11(4-9-20-12)13(17)16-7-5-15(6-8-16)10(2)14(18)19/h4,9-10H,3,5-8H2,1-2H3,(H,18,19). The van der Waals surface area contributed by atoms with E-state index in [0.717, 1.165) is 0 Å². The monoisotopic (exact) mass is 280 g/mol. The summed E-state index contributed by atoms with van der Waals surface area (Å²) in [4.78, 5) is 27.0. The Hall–Kier alpha value is -1.82. The van der Waals surface area contributed by atoms with Gasteiger partial charge in [-0.1, -0.05) is 6.92 Å². The van der Waals surface area contributed by atoms with Crippen LogP contribution in [0.2, 0.25) is 0 Å². The van der Waals surface area contributed by atoms with Gasteiger partial charge in [-0.15, -0.1) is 0 Å². The van der Waals surface area contributed by atoms with E-state index < -0.39 is 12.0 Å². The second-order valence-electron chi connectivity index (χ2n) is 4.95. The van der Waals surface area contributed by atoms with E-state index >= 15 is 0 Å². The number of aryl methyl sites for hydroxylation is 1. The van der Waals surface area contributed by atoms with E-state index in [4.69, 9.17) is 9.52 Å². The van der Waals surface area contributed by atoms with Gasteiger partial charge in [-0.2, -0.15) is 0 Å². The molecule has 0 radical (unpaired) electrons. The number of piperazine rings is 1. The molecule has 1 aromatic rings. The van der Waals surface area contributed by atoms with Gasteiger partial charge in [0.2, 0.25) is 0 Å². The molecule has 1 amide bonds. The highest BCUT2D eigenvalue weighted by atomic mass is 16.4. The summed E-state index contributed by atoms with van der Waals surface area (Å²) in [6.07, 6.45) is 2.22. The summed E-state index contributed by atoms with van der Waals surface area (Å²) in [7, 11) is 0. The molecular weight excluding hydrogens is 260 g/mol. The summed E-state index contributed by atoms with van der Waals surface area (Å²) in [6.45, 7) is 5.87. The van der Waals surface area contributed by atoms with Crippen LogP contribution in [-0.4, -0.2) is 59.0 Å². The Kier molecular flexibility index (Phi) is 4.44. The minimum atomic E-state index is -0.826. The van der Waals surface area contributed by atoms with Crippen molar-refractivity contribution in [1.82, 2.24) is 9.80 Å². The van der Waals surface area contributed by atoms with E-state index in [1.807, 2.05) is 11.8 Å². The summed E-state index contributed by atoms with van der Waals surface area (Å²) in [5.41, 5.74) is 0.618. The van der Waals surface area contributed by atoms with Crippen LogP contribution in [0.4, 0.5) is 0 Å². The molecule has 1 unspecified atom stereocenters. The zero-order chi connectivity index (χ0) is 14.7. The summed E-state index contributed by atoms with van der Waals surface area (Å²) in [6, 6.07) is 1.19. The fourth-order valence-corrected chi connectivity index (χ4v) is 2.44. The van der Waals surface area contributed by atoms with Crippen molar-refractivity contribution in [3.05, 3.63) is 23.7 Å². The molecule has 1 aromatic heterocycles. The molecule has 1 saturated heterocycles. The maximum absolute atomic E-state index is 12.4. The van der Waals surface area contributed by atoms with Crippen LogP contribution in [0.5, 0.6) is 0 Å². The highest BCUT2D eigenvalue weighted by Crippen LogP contribution is 2.16. The van der Waals surface area contributed by atoms with Crippen LogP contribution >= 0.6 is 0 Å². The molecule has 1 atom stereocenters. The van der Waals surface area contributed by atoms with Gasteiger partial charge in [0.1, 0.15) is 11.8 Å². The van der Waals surface area contributed by atoms with E-state index in [1.165, 1.54) is 6.26 Å². The van der Waals surface area contributed by atoms with Crippen LogP contribution in [0.25, 0.3) is 0 Å². The van der Waals surface area contributed by atoms with Crippen molar-refractivity contribution in [2.75, 3.05) is 26.2 Å². The molecule has 0 aliphatic carbocycles. The maximum atomic E-state index is 12.4. The van der Waals surface area contributed by atoms with Crippen LogP contribution in [0.1, 0.15) is 30.0 Å². The smallest absolute Gasteiger partial charge is 0.320 e. The van der Waals surface area contributed by atoms with E-state index in [2.05, 4.69) is 0 Å². The molecule has 110 valence electrons. The zero-order valence-corrected chi connectivity index (χ0v) is 11.8. The minimum absolute atomic E-state index is 0.0294. The molecule has 1 aliphatic rings. The Morgan fingerprint density at radius 3 is 2.55 bits per heavy atom. The molecule has 0 aromatic carbocycles. The van der Waals surface area contributed by atoms with Crippen molar-refractivity contribution in [3.63, 3.8) is 0 Å². The zero-order valence-electron chi connectivity index (χ0n) is 11.8. The number of furan rings is 1. The Morgan fingerprint density at radius 1 is 1.35 bits per heavy atom. The summed E-state index contributed by atoms with van der Waals surface area (Å²) in [5, 5.41) is 8.99. The lowest BCUT2D eigenvalue weighted by Gasteiger charge is -2.36. The third kappa shape index (κ3) is 2.85. The molecule has 0 spiro atoms. The third-order valence-electron chi connectivity index (χ3n) is 3.80. The number of rotatable bonds is 4. The third-order valence-corrected chi connectivity index (χ3v) is 3.80. The van der Waals surface area contributed by atoms with Gasteiger partial charge in [0.05, 0.1) is 11.8 Å². The van der Waals surface area contributed by atoms with Crippen molar-refractivity contribution in [2.24, 2.45) is 0 Å². The average molecular weight is 280 g/mol. The number of carboxylic acids is 1. The van der Waals surface area contributed by atoms with E-state index in [9.17, 15) is 9.59 Å². The predicted octanol–water partition coefficient (Wildman–Crippen LogP) is 1.07. The first-order valence-electron chi connectivity index (χ1n) is 6.87. The van der Waals surface area contributed by atoms with E-state index in [1.54, 1.807) is 17.9 Å². The fraction of sp³-hybridized carbons (Fsp3) is 0.571. The van der Waals surface area contributed by atoms with Gasteiger partial charge >= 0.3 is 5.97 Å². The number of carbonyl (C=O) groups excluding carboxylic acids is 1. The lowest BCUT2D eigenvalue weighted by Crippen LogP contribution is -2.53. The van der Waals surface area contributed by atoms with Crippen molar-refractivity contribution in [1.29, 1.82) is 0 Å². The van der Waals surface area contributed by atoms with E-state index in [-0.39, 0.29) is 5.91 Å². The first-order chi connectivity index (χ1) is 9.54. The Bertz CT molecular complexity index is 489. The van der Waals surface area contributed by atoms with Gasteiger partial charge in [0, 0.05) is 32.6 Å². The van der Waals surface area contributed by atoms with Crippen LogP contribution < -0.4 is 0 Å². The average Bonchev–Trinajstić information content (AvgIpc) is 2.94. The number of carbonyl (C=O) groups is 2. The highest BCUT2D eigenvalue weighted by Gasteiger charge is 2.28. The second kappa shape index (κ2) is 6.09. The first kappa shape index (κ1) is 14.6. The van der Waals surface area contributed by atoms with E-state index in [0.29, 0.717) is 43.9 Å². The lowest BCUT2D eigenvalue weighted by molar-refractivity contribution is -0.143. The second-order valence-corrected chi connectivity index (χ2v) is 4.95. The van der Waals surface area contributed by atoms with Crippen molar-refractivity contribution < 1.29 is 19.1 Å². The molecule has 2 rings (SSSR count). The molecule has 0 saturated carbocycles. The summed E-state index contributed by atoms with van der Waals surface area (Å²) in [5.74, 6) is -0.151. The van der Waals surface area contributed by atoms with Crippen molar-refractivity contribution in [3.8, 4) is 0 Å². The molecule has 1 aliphatic heterocycles. The molecule has 2 heterocycles. The predicted molar refractivity (Wildman–Crippen MR) is 72.7 cm³/mol. The van der Waals surface area contributed by atoms with Crippen LogP contribution in [0, 0.1) is 0 Å². The van der Waals surface area contributed by atoms with Gasteiger partial charge < -0.3 is 14.4 Å². The molecule has 1 fully saturated rings. The number of hydrogen-bond donors (Lipinski definition) is 1. The Labute approximate surface area is 118 Å². The molecule has 6 nitrogen and oxygen atoms in total. The van der Waals surface area contributed by atoms with Crippen LogP contribution in [0.3, 0.4) is 0 Å². The van der Waals surface area contributed by atoms with Gasteiger partial charge in [-0.25, -0.2) is 0 Å². The van der Waals surface area contributed by atoms with Gasteiger partial charge in [0.15, 0.2) is 0 Å². The summed E-state index contributed by atoms with van der Waals surface area (Å²) < 4.78 is 5.28. The fourth-order valence-electron chi connectivity index (χ4n) is 2.44. The topological polar surface area (TPSA) is 74.0 Å². The van der Waals surface area contributed by atoms with Gasteiger partial charge in [-0.3, -0.25) is 14.5 Å². The number of aliphatic carboxylic acids is 1. The number of amides is 1. The molecule has 6 heteroatoms. The number of carboxylic acid groups (broad SMARTS) is 1. The SMILES string of the molecule is CCc1occc1C(=O)N1CCN(C(C)C(=O)O)CC1. The highest BCUT2D eigenvalue weighted by molar-refractivity contribution is 5.95. The largest absolute Gasteiger partial charge is 0.480 e. The normalized spacial score (nSPS) is 18.0. The Morgan fingerprint density at radius 2 is 2.00 bits per heavy atom. The molecule has 20 heavy (non-hydrogen) atoms. The quantitative estimate of drug-likeness (QED) is 0.893. The first-order valence-corrected chi connectivity index (χ1v) is 6.87. The maximum Gasteiger partial charge on any atom is 0.320 e. The van der Waals surface area contributed by atoms with Crippen molar-refractivity contribution in [2.45, 2.75) is 26.3 Å². The van der Waals surface area contributed by atoms with Crippen LogP contribution in [0.15, 0.2) is 16.7 Å². The van der Waals surface area contributed by atoms with Gasteiger partial charge in [0.25, 0.3) is 5.91 Å². The Balaban J connectivity index is 1.97. The molecule has 0 bridgehead atoms. The van der Waals surface area contributed by atoms with Crippen molar-refractivity contribution >= 4 is 11.9 Å². The molecular formula is C14H20N2O4. The minimum Gasteiger partial charge on any atom is -0.480 e. The lowest BCUT2D eigenvalue weighted by atomic mass is 10.1. The summed E-state index contributed by atoms with van der Waals surface area (Å²) >= 11 is 0. The van der Waals surface area contributed by atoms with Gasteiger partial charge in [-0.05, 0) is 13.0 Å².